The van der Waals surface area contributed by atoms with Gasteiger partial charge >= 0.3 is 0 Å². The Morgan fingerprint density at radius 2 is 2.15 bits per heavy atom. The van der Waals surface area contributed by atoms with Crippen LogP contribution in [-0.4, -0.2) is 16.5 Å². The van der Waals surface area contributed by atoms with Crippen molar-refractivity contribution in [2.24, 2.45) is 0 Å². The molecule has 0 saturated carbocycles. The Hall–Kier alpha value is -0.0900. The highest BCUT2D eigenvalue weighted by Gasteiger charge is 1.97. The van der Waals surface area contributed by atoms with E-state index >= 15 is 0 Å². The third kappa shape index (κ3) is 5.26. The van der Waals surface area contributed by atoms with Crippen LogP contribution in [0.3, 0.4) is 0 Å². The Labute approximate surface area is 88.9 Å². The molecule has 0 aliphatic carbocycles. The van der Waals surface area contributed by atoms with Crippen LogP contribution in [0.1, 0.15) is 25.7 Å². The molecular weight excluding hydrogens is 202 g/mol. The van der Waals surface area contributed by atoms with Crippen LogP contribution in [0.5, 0.6) is 0 Å². The van der Waals surface area contributed by atoms with E-state index < -0.39 is 0 Å². The Bertz CT molecular complexity index is 201. The first kappa shape index (κ1) is 11.0. The maximum atomic E-state index is 5.10. The van der Waals surface area contributed by atoms with E-state index in [0.717, 1.165) is 16.7 Å². The van der Waals surface area contributed by atoms with E-state index in [1.807, 2.05) is 0 Å². The normalized spacial score (nSPS) is 10.5. The van der Waals surface area contributed by atoms with Crippen molar-refractivity contribution in [3.63, 3.8) is 0 Å². The molecule has 0 fully saturated rings. The number of hydrogen-bond acceptors (Lipinski definition) is 4. The van der Waals surface area contributed by atoms with Crippen molar-refractivity contribution in [2.45, 2.75) is 30.9 Å². The fraction of sp³-hybridized carbons (Fsp3) is 0.667. The molecule has 0 saturated heterocycles. The summed E-state index contributed by atoms with van der Waals surface area (Å²) in [5.41, 5.74) is 0. The largest absolute Gasteiger partial charge is 0.440 e. The number of rotatable bonds is 7. The van der Waals surface area contributed by atoms with Gasteiger partial charge in [-0.25, -0.2) is 4.98 Å². The lowest BCUT2D eigenvalue weighted by atomic mass is 10.2. The Morgan fingerprint density at radius 3 is 2.85 bits per heavy atom. The van der Waals surface area contributed by atoms with E-state index in [4.69, 9.17) is 4.42 Å². The van der Waals surface area contributed by atoms with Gasteiger partial charge in [-0.15, -0.1) is 0 Å². The maximum Gasteiger partial charge on any atom is 0.255 e. The maximum absolute atomic E-state index is 5.10. The number of hydrogen-bond donors (Lipinski definition) is 1. The molecule has 1 rings (SSSR count). The van der Waals surface area contributed by atoms with E-state index in [-0.39, 0.29) is 0 Å². The topological polar surface area (TPSA) is 26.0 Å². The lowest BCUT2D eigenvalue weighted by Crippen LogP contribution is -1.82. The number of thioether (sulfide) groups is 1. The van der Waals surface area contributed by atoms with Gasteiger partial charge < -0.3 is 4.42 Å². The SMILES string of the molecule is SCCCCCCSc1ncco1. The van der Waals surface area contributed by atoms with Gasteiger partial charge in [0.25, 0.3) is 5.22 Å². The molecule has 0 aliphatic rings. The van der Waals surface area contributed by atoms with Gasteiger partial charge in [-0.05, 0) is 18.6 Å². The number of nitrogens with zero attached hydrogens (tertiary/aromatic N) is 1. The van der Waals surface area contributed by atoms with Crippen molar-refractivity contribution >= 4 is 24.4 Å². The van der Waals surface area contributed by atoms with Crippen molar-refractivity contribution in [1.29, 1.82) is 0 Å². The summed E-state index contributed by atoms with van der Waals surface area (Å²) < 4.78 is 5.10. The predicted octanol–water partition coefficient (Wildman–Crippen LogP) is 3.26. The molecule has 0 bridgehead atoms. The van der Waals surface area contributed by atoms with E-state index in [1.165, 1.54) is 25.7 Å². The van der Waals surface area contributed by atoms with Crippen molar-refractivity contribution in [3.05, 3.63) is 12.5 Å². The zero-order chi connectivity index (χ0) is 9.36. The fourth-order valence-corrected chi connectivity index (χ4v) is 2.01. The molecule has 0 atom stereocenters. The predicted molar refractivity (Wildman–Crippen MR) is 59.5 cm³/mol. The highest BCUT2D eigenvalue weighted by Crippen LogP contribution is 2.17. The van der Waals surface area contributed by atoms with Gasteiger partial charge in [-0.2, -0.15) is 12.6 Å². The smallest absolute Gasteiger partial charge is 0.255 e. The summed E-state index contributed by atoms with van der Waals surface area (Å²) in [6.45, 7) is 0. The Kier molecular flexibility index (Phi) is 6.19. The van der Waals surface area contributed by atoms with Gasteiger partial charge in [0, 0.05) is 5.75 Å². The first-order valence-corrected chi connectivity index (χ1v) is 6.18. The van der Waals surface area contributed by atoms with Crippen LogP contribution in [0.4, 0.5) is 0 Å². The summed E-state index contributed by atoms with van der Waals surface area (Å²) >= 11 is 5.85. The van der Waals surface area contributed by atoms with E-state index in [2.05, 4.69) is 17.6 Å². The van der Waals surface area contributed by atoms with Crippen LogP contribution in [0, 0.1) is 0 Å². The van der Waals surface area contributed by atoms with E-state index in [9.17, 15) is 0 Å². The van der Waals surface area contributed by atoms with Crippen LogP contribution in [0.2, 0.25) is 0 Å². The van der Waals surface area contributed by atoms with Crippen LogP contribution in [-0.2, 0) is 0 Å². The second-order valence-corrected chi connectivity index (χ2v) is 4.28. The van der Waals surface area contributed by atoms with Gasteiger partial charge in [0.1, 0.15) is 6.26 Å². The molecule has 0 amide bonds. The van der Waals surface area contributed by atoms with E-state index in [0.29, 0.717) is 0 Å². The minimum absolute atomic E-state index is 0.786. The molecule has 0 radical (unpaired) electrons. The summed E-state index contributed by atoms with van der Waals surface area (Å²) in [5, 5.41) is 0.786. The second kappa shape index (κ2) is 7.33. The molecule has 74 valence electrons. The lowest BCUT2D eigenvalue weighted by molar-refractivity contribution is 0.454. The number of aromatic nitrogens is 1. The number of unbranched alkanes of at least 4 members (excludes halogenated alkanes) is 3. The molecule has 0 N–H and O–H groups in total. The highest BCUT2D eigenvalue weighted by molar-refractivity contribution is 7.99. The van der Waals surface area contributed by atoms with Crippen LogP contribution in [0.25, 0.3) is 0 Å². The van der Waals surface area contributed by atoms with Crippen LogP contribution < -0.4 is 0 Å². The van der Waals surface area contributed by atoms with Gasteiger partial charge in [-0.3, -0.25) is 0 Å². The zero-order valence-corrected chi connectivity index (χ0v) is 9.32. The Morgan fingerprint density at radius 1 is 1.31 bits per heavy atom. The molecule has 0 aliphatic heterocycles. The van der Waals surface area contributed by atoms with Gasteiger partial charge in [0.05, 0.1) is 6.20 Å². The van der Waals surface area contributed by atoms with Crippen LogP contribution in [0.15, 0.2) is 22.1 Å². The molecule has 0 unspecified atom stereocenters. The third-order valence-corrected chi connectivity index (χ3v) is 2.95. The van der Waals surface area contributed by atoms with Crippen molar-refractivity contribution in [2.75, 3.05) is 11.5 Å². The molecule has 13 heavy (non-hydrogen) atoms. The summed E-state index contributed by atoms with van der Waals surface area (Å²) in [4.78, 5) is 4.03. The molecular formula is C9H15NOS2. The van der Waals surface area contributed by atoms with Crippen LogP contribution >= 0.6 is 24.4 Å². The fourth-order valence-electron chi connectivity index (χ4n) is 1.01. The lowest BCUT2D eigenvalue weighted by Gasteiger charge is -1.97. The van der Waals surface area contributed by atoms with Crippen molar-refractivity contribution in [3.8, 4) is 0 Å². The first-order valence-electron chi connectivity index (χ1n) is 4.56. The van der Waals surface area contributed by atoms with Crippen molar-refractivity contribution < 1.29 is 4.42 Å². The Balaban J connectivity index is 1.90. The minimum Gasteiger partial charge on any atom is -0.440 e. The molecule has 0 aromatic carbocycles. The monoisotopic (exact) mass is 217 g/mol. The average molecular weight is 217 g/mol. The third-order valence-electron chi connectivity index (χ3n) is 1.69. The van der Waals surface area contributed by atoms with Crippen molar-refractivity contribution in [1.82, 2.24) is 4.98 Å². The molecule has 1 aromatic rings. The molecule has 2 nitrogen and oxygen atoms in total. The summed E-state index contributed by atoms with van der Waals surface area (Å²) in [6.07, 6.45) is 8.34. The molecule has 4 heteroatoms. The summed E-state index contributed by atoms with van der Waals surface area (Å²) in [5.74, 6) is 2.11. The summed E-state index contributed by atoms with van der Waals surface area (Å²) in [7, 11) is 0. The summed E-state index contributed by atoms with van der Waals surface area (Å²) in [6, 6.07) is 0. The first-order chi connectivity index (χ1) is 6.43. The highest BCUT2D eigenvalue weighted by atomic mass is 32.2. The number of thiol groups is 1. The van der Waals surface area contributed by atoms with Gasteiger partial charge in [0.2, 0.25) is 0 Å². The molecule has 0 spiro atoms. The quantitative estimate of drug-likeness (QED) is 0.431. The standard InChI is InChI=1S/C9H15NOS2/c12-7-3-1-2-4-8-13-9-10-5-6-11-9/h5-6,12H,1-4,7-8H2. The molecule has 1 aromatic heterocycles. The van der Waals surface area contributed by atoms with Gasteiger partial charge in [-0.1, -0.05) is 24.6 Å². The van der Waals surface area contributed by atoms with Gasteiger partial charge in [0.15, 0.2) is 0 Å². The zero-order valence-electron chi connectivity index (χ0n) is 7.61. The minimum atomic E-state index is 0.786. The molecule has 1 heterocycles. The second-order valence-electron chi connectivity index (χ2n) is 2.78. The number of oxazole rings is 1. The average Bonchev–Trinajstić information content (AvgIpc) is 2.63. The van der Waals surface area contributed by atoms with E-state index in [1.54, 1.807) is 24.2 Å².